The normalized spacial score (nSPS) is 17.8. The van der Waals surface area contributed by atoms with Crippen LogP contribution in [0.15, 0.2) is 24.3 Å². The molecule has 0 radical (unpaired) electrons. The minimum Gasteiger partial charge on any atom is -0.487 e. The van der Waals surface area contributed by atoms with E-state index in [1.807, 2.05) is 19.1 Å². The van der Waals surface area contributed by atoms with Crippen molar-refractivity contribution in [3.8, 4) is 5.75 Å². The Balaban J connectivity index is 1.68. The first-order chi connectivity index (χ1) is 10.5. The molecule has 1 aromatic carbocycles. The molecule has 0 heterocycles. The predicted molar refractivity (Wildman–Crippen MR) is 86.4 cm³/mol. The fourth-order valence-electron chi connectivity index (χ4n) is 2.55. The molecule has 0 spiro atoms. The molecule has 1 saturated carbocycles. The van der Waals surface area contributed by atoms with Gasteiger partial charge in [0.25, 0.3) is 0 Å². The van der Waals surface area contributed by atoms with Crippen LogP contribution >= 0.6 is 11.6 Å². The maximum Gasteiger partial charge on any atom is 0.315 e. The number of amides is 2. The van der Waals surface area contributed by atoms with Crippen molar-refractivity contribution in [2.45, 2.75) is 44.3 Å². The summed E-state index contributed by atoms with van der Waals surface area (Å²) >= 11 is 6.02. The van der Waals surface area contributed by atoms with Crippen LogP contribution in [0.3, 0.4) is 0 Å². The molecule has 1 unspecified atom stereocenters. The lowest BCUT2D eigenvalue weighted by atomic mass is 10.0. The first-order valence-corrected chi connectivity index (χ1v) is 8.02. The van der Waals surface area contributed by atoms with Crippen molar-refractivity contribution in [1.29, 1.82) is 0 Å². The van der Waals surface area contributed by atoms with Crippen molar-refractivity contribution in [2.24, 2.45) is 0 Å². The molecule has 0 bridgehead atoms. The van der Waals surface area contributed by atoms with E-state index in [4.69, 9.17) is 16.3 Å². The molecule has 22 heavy (non-hydrogen) atoms. The predicted octanol–water partition coefficient (Wildman–Crippen LogP) is 2.71. The number of carbonyl (C=O) groups is 1. The lowest BCUT2D eigenvalue weighted by Gasteiger charge is -2.23. The highest BCUT2D eigenvalue weighted by atomic mass is 35.5. The maximum atomic E-state index is 11.8. The number of urea groups is 1. The molecule has 5 nitrogen and oxygen atoms in total. The molecule has 2 rings (SSSR count). The van der Waals surface area contributed by atoms with E-state index in [0.717, 1.165) is 25.7 Å². The molecule has 1 atom stereocenters. The van der Waals surface area contributed by atoms with E-state index in [9.17, 15) is 9.90 Å². The Bertz CT molecular complexity index is 504. The van der Waals surface area contributed by atoms with E-state index in [-0.39, 0.29) is 12.1 Å². The van der Waals surface area contributed by atoms with Crippen molar-refractivity contribution in [3.63, 3.8) is 0 Å². The van der Waals surface area contributed by atoms with Gasteiger partial charge in [0.15, 0.2) is 0 Å². The Labute approximate surface area is 136 Å². The second-order valence-corrected chi connectivity index (χ2v) is 6.26. The molecule has 0 aliphatic heterocycles. The average Bonchev–Trinajstić information content (AvgIpc) is 2.93. The standard InChI is InChI=1S/C16H23ClN2O3/c1-12(22-14-7-3-2-6-13(14)17)10-18-15(20)19-11-16(21)8-4-5-9-16/h2-3,6-7,12,21H,4-5,8-11H2,1H3,(H2,18,19,20). The Morgan fingerprint density at radius 2 is 2.05 bits per heavy atom. The van der Waals surface area contributed by atoms with Gasteiger partial charge in [-0.25, -0.2) is 4.79 Å². The third-order valence-corrected chi connectivity index (χ3v) is 4.14. The third-order valence-electron chi connectivity index (χ3n) is 3.83. The molecule has 1 aromatic rings. The summed E-state index contributed by atoms with van der Waals surface area (Å²) < 4.78 is 5.67. The fourth-order valence-corrected chi connectivity index (χ4v) is 2.73. The topological polar surface area (TPSA) is 70.6 Å². The highest BCUT2D eigenvalue weighted by molar-refractivity contribution is 6.32. The number of rotatable bonds is 6. The van der Waals surface area contributed by atoms with Crippen LogP contribution in [0.5, 0.6) is 5.75 Å². The minimum absolute atomic E-state index is 0.208. The number of benzene rings is 1. The van der Waals surface area contributed by atoms with E-state index < -0.39 is 5.60 Å². The Hall–Kier alpha value is -1.46. The van der Waals surface area contributed by atoms with Crippen LogP contribution in [0.1, 0.15) is 32.6 Å². The summed E-state index contributed by atoms with van der Waals surface area (Å²) in [5.41, 5.74) is -0.739. The number of halogens is 1. The number of nitrogens with one attached hydrogen (secondary N) is 2. The van der Waals surface area contributed by atoms with E-state index >= 15 is 0 Å². The summed E-state index contributed by atoms with van der Waals surface area (Å²) in [6.45, 7) is 2.50. The van der Waals surface area contributed by atoms with Gasteiger partial charge >= 0.3 is 6.03 Å². The van der Waals surface area contributed by atoms with Crippen LogP contribution < -0.4 is 15.4 Å². The summed E-state index contributed by atoms with van der Waals surface area (Å²) in [4.78, 5) is 11.8. The highest BCUT2D eigenvalue weighted by Gasteiger charge is 2.31. The number of aliphatic hydroxyl groups is 1. The van der Waals surface area contributed by atoms with Crippen LogP contribution in [0.4, 0.5) is 4.79 Å². The molecule has 0 saturated heterocycles. The summed E-state index contributed by atoms with van der Waals surface area (Å²) in [7, 11) is 0. The highest BCUT2D eigenvalue weighted by Crippen LogP contribution is 2.28. The molecule has 1 aliphatic carbocycles. The van der Waals surface area contributed by atoms with E-state index in [1.54, 1.807) is 12.1 Å². The van der Waals surface area contributed by atoms with E-state index in [0.29, 0.717) is 23.9 Å². The molecule has 0 aromatic heterocycles. The smallest absolute Gasteiger partial charge is 0.315 e. The average molecular weight is 327 g/mol. The van der Waals surface area contributed by atoms with Gasteiger partial charge in [-0.15, -0.1) is 0 Å². The molecule has 2 amide bonds. The van der Waals surface area contributed by atoms with Crippen LogP contribution in [0.25, 0.3) is 0 Å². The second kappa shape index (κ2) is 7.70. The van der Waals surface area contributed by atoms with Crippen LogP contribution in [-0.4, -0.2) is 35.9 Å². The lowest BCUT2D eigenvalue weighted by molar-refractivity contribution is 0.0500. The number of para-hydroxylation sites is 1. The van der Waals surface area contributed by atoms with E-state index in [2.05, 4.69) is 10.6 Å². The number of hydrogen-bond donors (Lipinski definition) is 3. The Morgan fingerprint density at radius 3 is 2.73 bits per heavy atom. The largest absolute Gasteiger partial charge is 0.487 e. The number of ether oxygens (including phenoxy) is 1. The third kappa shape index (κ3) is 5.07. The van der Waals surface area contributed by atoms with Crippen LogP contribution in [0.2, 0.25) is 5.02 Å². The van der Waals surface area contributed by atoms with Crippen molar-refractivity contribution in [1.82, 2.24) is 10.6 Å². The monoisotopic (exact) mass is 326 g/mol. The molecule has 6 heteroatoms. The van der Waals surface area contributed by atoms with Gasteiger partial charge in [0.1, 0.15) is 11.9 Å². The molecule has 1 fully saturated rings. The van der Waals surface area contributed by atoms with Gasteiger partial charge < -0.3 is 20.5 Å². The molecule has 1 aliphatic rings. The molecule has 3 N–H and O–H groups in total. The Kier molecular flexibility index (Phi) is 5.91. The zero-order valence-electron chi connectivity index (χ0n) is 12.8. The van der Waals surface area contributed by atoms with E-state index in [1.165, 1.54) is 0 Å². The van der Waals surface area contributed by atoms with Gasteiger partial charge in [-0.3, -0.25) is 0 Å². The number of carbonyl (C=O) groups excluding carboxylic acids is 1. The molecular formula is C16H23ClN2O3. The van der Waals surface area contributed by atoms with Crippen molar-refractivity contribution < 1.29 is 14.6 Å². The zero-order chi connectivity index (χ0) is 16.0. The van der Waals surface area contributed by atoms with Gasteiger partial charge in [-0.05, 0) is 31.9 Å². The maximum absolute atomic E-state index is 11.8. The van der Waals surface area contributed by atoms with Crippen molar-refractivity contribution in [2.75, 3.05) is 13.1 Å². The van der Waals surface area contributed by atoms with Gasteiger partial charge in [-0.1, -0.05) is 36.6 Å². The van der Waals surface area contributed by atoms with Crippen LogP contribution in [0, 0.1) is 0 Å². The van der Waals surface area contributed by atoms with Gasteiger partial charge in [0, 0.05) is 6.54 Å². The van der Waals surface area contributed by atoms with Crippen molar-refractivity contribution in [3.05, 3.63) is 29.3 Å². The summed E-state index contributed by atoms with van der Waals surface area (Å²) in [5, 5.41) is 16.2. The summed E-state index contributed by atoms with van der Waals surface area (Å²) in [6.07, 6.45) is 3.32. The quantitative estimate of drug-likeness (QED) is 0.752. The van der Waals surface area contributed by atoms with Crippen LogP contribution in [-0.2, 0) is 0 Å². The lowest BCUT2D eigenvalue weighted by Crippen LogP contribution is -2.46. The van der Waals surface area contributed by atoms with Gasteiger partial charge in [0.2, 0.25) is 0 Å². The summed E-state index contributed by atoms with van der Waals surface area (Å²) in [6, 6.07) is 6.92. The minimum atomic E-state index is -0.739. The first-order valence-electron chi connectivity index (χ1n) is 7.64. The first kappa shape index (κ1) is 16.9. The zero-order valence-corrected chi connectivity index (χ0v) is 13.5. The second-order valence-electron chi connectivity index (χ2n) is 5.85. The molecule has 122 valence electrons. The Morgan fingerprint density at radius 1 is 1.36 bits per heavy atom. The van der Waals surface area contributed by atoms with Gasteiger partial charge in [0.05, 0.1) is 17.2 Å². The SMILES string of the molecule is CC(CNC(=O)NCC1(O)CCCC1)Oc1ccccc1Cl. The summed E-state index contributed by atoms with van der Waals surface area (Å²) in [5.74, 6) is 0.596. The number of hydrogen-bond acceptors (Lipinski definition) is 3. The van der Waals surface area contributed by atoms with Gasteiger partial charge in [-0.2, -0.15) is 0 Å². The fraction of sp³-hybridized carbons (Fsp3) is 0.562. The van der Waals surface area contributed by atoms with Crippen molar-refractivity contribution >= 4 is 17.6 Å². The molecular weight excluding hydrogens is 304 g/mol.